The molecule has 1 fully saturated rings. The third kappa shape index (κ3) is 5.47. The van der Waals surface area contributed by atoms with Crippen molar-refractivity contribution in [3.8, 4) is 0 Å². The van der Waals surface area contributed by atoms with Crippen molar-refractivity contribution in [1.82, 2.24) is 4.90 Å². The zero-order chi connectivity index (χ0) is 16.8. The van der Waals surface area contributed by atoms with Gasteiger partial charge in [0.1, 0.15) is 5.76 Å². The summed E-state index contributed by atoms with van der Waals surface area (Å²) in [5, 5.41) is 3.19. The van der Waals surface area contributed by atoms with Gasteiger partial charge in [-0.25, -0.2) is 0 Å². The van der Waals surface area contributed by atoms with Crippen LogP contribution >= 0.6 is 24.0 Å². The summed E-state index contributed by atoms with van der Waals surface area (Å²) in [5.74, 6) is 1.40. The van der Waals surface area contributed by atoms with Crippen LogP contribution in [0.3, 0.4) is 0 Å². The summed E-state index contributed by atoms with van der Waals surface area (Å²) in [6, 6.07) is 12.4. The maximum atomic E-state index is 6.09. The highest BCUT2D eigenvalue weighted by atomic mass is 127. The number of benzene rings is 1. The molecule has 25 heavy (non-hydrogen) atoms. The first-order chi connectivity index (χ1) is 11.8. The lowest BCUT2D eigenvalue weighted by Gasteiger charge is -2.24. The van der Waals surface area contributed by atoms with E-state index < -0.39 is 0 Å². The first-order valence-electron chi connectivity index (χ1n) is 8.69. The van der Waals surface area contributed by atoms with Crippen molar-refractivity contribution in [2.24, 2.45) is 10.7 Å². The first-order valence-corrected chi connectivity index (χ1v) is 8.69. The van der Waals surface area contributed by atoms with Gasteiger partial charge in [-0.05, 0) is 62.2 Å². The third-order valence-corrected chi connectivity index (χ3v) is 4.50. The van der Waals surface area contributed by atoms with Crippen molar-refractivity contribution in [3.63, 3.8) is 0 Å². The molecule has 3 rings (SSSR count). The molecule has 0 radical (unpaired) electrons. The van der Waals surface area contributed by atoms with Crippen molar-refractivity contribution < 1.29 is 4.42 Å². The van der Waals surface area contributed by atoms with Gasteiger partial charge in [-0.2, -0.15) is 0 Å². The molecular weight excluding hydrogens is 427 g/mol. The van der Waals surface area contributed by atoms with E-state index in [0.717, 1.165) is 31.0 Å². The Hall–Kier alpha value is -1.54. The Kier molecular flexibility index (Phi) is 7.77. The van der Waals surface area contributed by atoms with Crippen LogP contribution in [0.15, 0.2) is 52.1 Å². The van der Waals surface area contributed by atoms with Crippen LogP contribution in [-0.2, 0) is 6.42 Å². The number of hydrogen-bond acceptors (Lipinski definition) is 3. The predicted octanol–water partition coefficient (Wildman–Crippen LogP) is 4.02. The minimum absolute atomic E-state index is 0. The summed E-state index contributed by atoms with van der Waals surface area (Å²) in [5.41, 5.74) is 8.34. The maximum absolute atomic E-state index is 6.09. The highest BCUT2D eigenvalue weighted by Crippen LogP contribution is 2.25. The molecule has 0 saturated carbocycles. The number of nitrogens with two attached hydrogens (primary N) is 1. The summed E-state index contributed by atoms with van der Waals surface area (Å²) in [6.45, 7) is 4.92. The van der Waals surface area contributed by atoms with Gasteiger partial charge in [0.05, 0.1) is 18.8 Å². The SMILES string of the molecule is CCc1cccc(NC(N)=NCC(c2ccco2)N2CCCC2)c1.I. The van der Waals surface area contributed by atoms with E-state index in [4.69, 9.17) is 10.2 Å². The average Bonchev–Trinajstić information content (AvgIpc) is 3.29. The van der Waals surface area contributed by atoms with Crippen LogP contribution in [0.25, 0.3) is 0 Å². The van der Waals surface area contributed by atoms with E-state index in [0.29, 0.717) is 12.5 Å². The van der Waals surface area contributed by atoms with Crippen LogP contribution in [-0.4, -0.2) is 30.5 Å². The van der Waals surface area contributed by atoms with E-state index in [-0.39, 0.29) is 30.0 Å². The average molecular weight is 454 g/mol. The van der Waals surface area contributed by atoms with Gasteiger partial charge in [0, 0.05) is 5.69 Å². The molecule has 1 aliphatic heterocycles. The first kappa shape index (κ1) is 19.8. The van der Waals surface area contributed by atoms with Gasteiger partial charge < -0.3 is 15.5 Å². The van der Waals surface area contributed by atoms with Crippen molar-refractivity contribution >= 4 is 35.6 Å². The molecule has 2 heterocycles. The van der Waals surface area contributed by atoms with E-state index in [2.05, 4.69) is 34.3 Å². The Morgan fingerprint density at radius 3 is 2.76 bits per heavy atom. The van der Waals surface area contributed by atoms with Crippen LogP contribution in [0.1, 0.15) is 37.1 Å². The predicted molar refractivity (Wildman–Crippen MR) is 114 cm³/mol. The quantitative estimate of drug-likeness (QED) is 0.393. The highest BCUT2D eigenvalue weighted by Gasteiger charge is 2.25. The number of nitrogens with one attached hydrogen (secondary N) is 1. The molecule has 1 aliphatic rings. The van der Waals surface area contributed by atoms with E-state index in [1.54, 1.807) is 6.26 Å². The van der Waals surface area contributed by atoms with Crippen LogP contribution in [0.4, 0.5) is 5.69 Å². The second-order valence-corrected chi connectivity index (χ2v) is 6.18. The molecule has 1 saturated heterocycles. The van der Waals surface area contributed by atoms with Crippen molar-refractivity contribution in [2.75, 3.05) is 25.0 Å². The van der Waals surface area contributed by atoms with E-state index >= 15 is 0 Å². The Labute approximate surface area is 166 Å². The second kappa shape index (κ2) is 9.82. The molecule has 136 valence electrons. The standard InChI is InChI=1S/C19H26N4O.HI/c1-2-15-7-5-8-16(13-15)22-19(20)21-14-17(18-9-6-12-24-18)23-10-3-4-11-23;/h5-9,12-13,17H,2-4,10-11,14H2,1H3,(H3,20,21,22);1H. The van der Waals surface area contributed by atoms with E-state index in [1.165, 1.54) is 18.4 Å². The lowest BCUT2D eigenvalue weighted by Crippen LogP contribution is -2.30. The van der Waals surface area contributed by atoms with Gasteiger partial charge in [0.2, 0.25) is 0 Å². The molecule has 3 N–H and O–H groups in total. The molecule has 1 unspecified atom stereocenters. The molecular formula is C19H27IN4O. The van der Waals surface area contributed by atoms with Crippen LogP contribution in [0, 0.1) is 0 Å². The summed E-state index contributed by atoms with van der Waals surface area (Å²) in [4.78, 5) is 6.98. The molecule has 0 amide bonds. The number of aryl methyl sites for hydroxylation is 1. The lowest BCUT2D eigenvalue weighted by molar-refractivity contribution is 0.221. The van der Waals surface area contributed by atoms with Crippen LogP contribution < -0.4 is 11.1 Å². The van der Waals surface area contributed by atoms with Gasteiger partial charge in [-0.1, -0.05) is 19.1 Å². The molecule has 0 bridgehead atoms. The Balaban J connectivity index is 0.00000225. The fourth-order valence-corrected chi connectivity index (χ4v) is 3.16. The molecule has 1 atom stereocenters. The fourth-order valence-electron chi connectivity index (χ4n) is 3.16. The summed E-state index contributed by atoms with van der Waals surface area (Å²) in [6.07, 6.45) is 5.19. The van der Waals surface area contributed by atoms with Crippen LogP contribution in [0.5, 0.6) is 0 Å². The largest absolute Gasteiger partial charge is 0.468 e. The molecule has 6 heteroatoms. The number of aliphatic imine (C=N–C) groups is 1. The number of hydrogen-bond donors (Lipinski definition) is 2. The summed E-state index contributed by atoms with van der Waals surface area (Å²) < 4.78 is 5.62. The Morgan fingerprint density at radius 2 is 2.08 bits per heavy atom. The van der Waals surface area contributed by atoms with E-state index in [1.807, 2.05) is 24.3 Å². The van der Waals surface area contributed by atoms with E-state index in [9.17, 15) is 0 Å². The molecule has 5 nitrogen and oxygen atoms in total. The van der Waals surface area contributed by atoms with Crippen molar-refractivity contribution in [3.05, 3.63) is 54.0 Å². The number of anilines is 1. The molecule has 1 aromatic heterocycles. The monoisotopic (exact) mass is 454 g/mol. The fraction of sp³-hybridized carbons (Fsp3) is 0.421. The van der Waals surface area contributed by atoms with Gasteiger partial charge >= 0.3 is 0 Å². The summed E-state index contributed by atoms with van der Waals surface area (Å²) in [7, 11) is 0. The molecule has 2 aromatic rings. The smallest absolute Gasteiger partial charge is 0.193 e. The number of guanidine groups is 1. The second-order valence-electron chi connectivity index (χ2n) is 6.18. The normalized spacial score (nSPS) is 16.4. The summed E-state index contributed by atoms with van der Waals surface area (Å²) >= 11 is 0. The van der Waals surface area contributed by atoms with Gasteiger partial charge in [-0.15, -0.1) is 24.0 Å². The highest BCUT2D eigenvalue weighted by molar-refractivity contribution is 14.0. The van der Waals surface area contributed by atoms with Gasteiger partial charge in [0.15, 0.2) is 5.96 Å². The molecule has 0 spiro atoms. The maximum Gasteiger partial charge on any atom is 0.193 e. The van der Waals surface area contributed by atoms with Crippen molar-refractivity contribution in [1.29, 1.82) is 0 Å². The minimum atomic E-state index is 0. The number of furan rings is 1. The Morgan fingerprint density at radius 1 is 1.28 bits per heavy atom. The number of rotatable bonds is 6. The topological polar surface area (TPSA) is 66.8 Å². The number of likely N-dealkylation sites (tertiary alicyclic amines) is 1. The molecule has 0 aliphatic carbocycles. The van der Waals surface area contributed by atoms with Gasteiger partial charge in [0.25, 0.3) is 0 Å². The third-order valence-electron chi connectivity index (χ3n) is 4.50. The Bertz CT molecular complexity index is 666. The van der Waals surface area contributed by atoms with Crippen molar-refractivity contribution in [2.45, 2.75) is 32.2 Å². The lowest BCUT2D eigenvalue weighted by atomic mass is 10.1. The number of nitrogens with zero attached hydrogens (tertiary/aromatic N) is 2. The minimum Gasteiger partial charge on any atom is -0.468 e. The van der Waals surface area contributed by atoms with Gasteiger partial charge in [-0.3, -0.25) is 9.89 Å². The zero-order valence-corrected chi connectivity index (χ0v) is 17.0. The number of halogens is 1. The molecule has 1 aromatic carbocycles. The van der Waals surface area contributed by atoms with Crippen LogP contribution in [0.2, 0.25) is 0 Å². The zero-order valence-electron chi connectivity index (χ0n) is 14.6.